The molecule has 5 nitrogen and oxygen atoms in total. The van der Waals surface area contributed by atoms with E-state index in [2.05, 4.69) is 16.4 Å². The number of carbonyl (C=O) groups is 1. The Kier molecular flexibility index (Phi) is 5.36. The van der Waals surface area contributed by atoms with Crippen LogP contribution in [-0.4, -0.2) is 31.2 Å². The molecule has 5 heteroatoms. The molecule has 0 aliphatic carbocycles. The number of aromatic nitrogens is 1. The van der Waals surface area contributed by atoms with E-state index < -0.39 is 6.04 Å². The Bertz CT molecular complexity index is 840. The lowest BCUT2D eigenvalue weighted by Crippen LogP contribution is -2.39. The van der Waals surface area contributed by atoms with Crippen LogP contribution >= 0.6 is 0 Å². The number of esters is 1. The summed E-state index contributed by atoms with van der Waals surface area (Å²) in [6.07, 6.45) is 2.52. The van der Waals surface area contributed by atoms with E-state index in [0.29, 0.717) is 13.0 Å². The van der Waals surface area contributed by atoms with Crippen molar-refractivity contribution in [2.45, 2.75) is 19.0 Å². The highest BCUT2D eigenvalue weighted by atomic mass is 16.5. The summed E-state index contributed by atoms with van der Waals surface area (Å²) in [5, 5.41) is 4.43. The van der Waals surface area contributed by atoms with Gasteiger partial charge >= 0.3 is 5.97 Å². The van der Waals surface area contributed by atoms with E-state index in [1.165, 1.54) is 7.11 Å². The number of fused-ring (bicyclic) bond motifs is 1. The molecular formula is C20H22N2O3. The normalized spacial score (nSPS) is 12.1. The first kappa shape index (κ1) is 17.0. The minimum Gasteiger partial charge on any atom is -0.497 e. The molecule has 0 amide bonds. The third-order valence-corrected chi connectivity index (χ3v) is 4.30. The highest BCUT2D eigenvalue weighted by molar-refractivity contribution is 5.84. The van der Waals surface area contributed by atoms with Gasteiger partial charge in [0.05, 0.1) is 14.2 Å². The summed E-state index contributed by atoms with van der Waals surface area (Å²) in [4.78, 5) is 15.4. The Morgan fingerprint density at radius 1 is 1.12 bits per heavy atom. The first-order valence-electron chi connectivity index (χ1n) is 8.20. The standard InChI is InChI=1S/C20H22N2O3/c1-24-16-9-7-14(8-10-16)12-21-19(20(23)25-2)11-15-13-22-18-6-4-3-5-17(15)18/h3-10,13,19,21-22H,11-12H2,1-2H3/t19-/m0/s1. The zero-order valence-corrected chi connectivity index (χ0v) is 14.4. The maximum Gasteiger partial charge on any atom is 0.323 e. The van der Waals surface area contributed by atoms with Crippen LogP contribution in [0.2, 0.25) is 0 Å². The number of benzene rings is 2. The van der Waals surface area contributed by atoms with E-state index in [1.807, 2.05) is 48.7 Å². The molecule has 0 aliphatic heterocycles. The summed E-state index contributed by atoms with van der Waals surface area (Å²) in [6.45, 7) is 0.576. The average Bonchev–Trinajstić information content (AvgIpc) is 3.08. The minimum absolute atomic E-state index is 0.265. The van der Waals surface area contributed by atoms with Crippen molar-refractivity contribution >= 4 is 16.9 Å². The zero-order chi connectivity index (χ0) is 17.6. The third kappa shape index (κ3) is 4.00. The molecular weight excluding hydrogens is 316 g/mol. The van der Waals surface area contributed by atoms with Crippen molar-refractivity contribution in [2.24, 2.45) is 0 Å². The number of H-pyrrole nitrogens is 1. The lowest BCUT2D eigenvalue weighted by molar-refractivity contribution is -0.143. The molecule has 0 aliphatic rings. The van der Waals surface area contributed by atoms with Gasteiger partial charge in [0.2, 0.25) is 0 Å². The van der Waals surface area contributed by atoms with Crippen LogP contribution in [0.4, 0.5) is 0 Å². The van der Waals surface area contributed by atoms with Gasteiger partial charge in [-0.2, -0.15) is 0 Å². The molecule has 0 saturated carbocycles. The quantitative estimate of drug-likeness (QED) is 0.650. The molecule has 1 atom stereocenters. The van der Waals surface area contributed by atoms with Crippen molar-refractivity contribution < 1.29 is 14.3 Å². The van der Waals surface area contributed by atoms with Gasteiger partial charge in [-0.3, -0.25) is 4.79 Å². The van der Waals surface area contributed by atoms with E-state index in [9.17, 15) is 4.79 Å². The van der Waals surface area contributed by atoms with Crippen LogP contribution in [0, 0.1) is 0 Å². The second-order valence-electron chi connectivity index (χ2n) is 5.87. The minimum atomic E-state index is -0.411. The Morgan fingerprint density at radius 3 is 2.60 bits per heavy atom. The maximum absolute atomic E-state index is 12.2. The second-order valence-corrected chi connectivity index (χ2v) is 5.87. The van der Waals surface area contributed by atoms with E-state index in [1.54, 1.807) is 7.11 Å². The number of hydrogen-bond acceptors (Lipinski definition) is 4. The van der Waals surface area contributed by atoms with Crippen molar-refractivity contribution in [3.05, 3.63) is 65.9 Å². The van der Waals surface area contributed by atoms with Crippen LogP contribution in [0.1, 0.15) is 11.1 Å². The van der Waals surface area contributed by atoms with Gasteiger partial charge in [0, 0.05) is 30.1 Å². The molecule has 1 aromatic heterocycles. The number of hydrogen-bond donors (Lipinski definition) is 2. The number of para-hydroxylation sites is 1. The van der Waals surface area contributed by atoms with Gasteiger partial charge in [-0.1, -0.05) is 30.3 Å². The summed E-state index contributed by atoms with van der Waals surface area (Å²) >= 11 is 0. The fraction of sp³-hybridized carbons (Fsp3) is 0.250. The van der Waals surface area contributed by atoms with Crippen molar-refractivity contribution in [1.29, 1.82) is 0 Å². The van der Waals surface area contributed by atoms with Crippen LogP contribution in [0.25, 0.3) is 10.9 Å². The Balaban J connectivity index is 1.72. The Morgan fingerprint density at radius 2 is 1.88 bits per heavy atom. The Hall–Kier alpha value is -2.79. The third-order valence-electron chi connectivity index (χ3n) is 4.30. The molecule has 0 radical (unpaired) electrons. The van der Waals surface area contributed by atoms with E-state index in [0.717, 1.165) is 27.8 Å². The SMILES string of the molecule is COC(=O)[C@H](Cc1c[nH]c2ccccc12)NCc1ccc(OC)cc1. The molecule has 0 fully saturated rings. The van der Waals surface area contributed by atoms with Crippen molar-refractivity contribution in [1.82, 2.24) is 10.3 Å². The van der Waals surface area contributed by atoms with Crippen molar-refractivity contribution in [3.63, 3.8) is 0 Å². The lowest BCUT2D eigenvalue weighted by atomic mass is 10.0. The summed E-state index contributed by atoms with van der Waals surface area (Å²) < 4.78 is 10.1. The van der Waals surface area contributed by atoms with Crippen molar-refractivity contribution in [2.75, 3.05) is 14.2 Å². The maximum atomic E-state index is 12.2. The van der Waals surface area contributed by atoms with Gasteiger partial charge in [-0.25, -0.2) is 0 Å². The first-order chi connectivity index (χ1) is 12.2. The highest BCUT2D eigenvalue weighted by Crippen LogP contribution is 2.19. The highest BCUT2D eigenvalue weighted by Gasteiger charge is 2.20. The fourth-order valence-electron chi connectivity index (χ4n) is 2.89. The fourth-order valence-corrected chi connectivity index (χ4v) is 2.89. The lowest BCUT2D eigenvalue weighted by Gasteiger charge is -2.16. The van der Waals surface area contributed by atoms with Gasteiger partial charge in [-0.05, 0) is 29.3 Å². The number of rotatable bonds is 7. The smallest absolute Gasteiger partial charge is 0.323 e. The molecule has 130 valence electrons. The molecule has 3 aromatic rings. The monoisotopic (exact) mass is 338 g/mol. The van der Waals surface area contributed by atoms with Gasteiger partial charge in [0.25, 0.3) is 0 Å². The Labute approximate surface area is 147 Å². The predicted octanol–water partition coefficient (Wildman–Crippen LogP) is 3.05. The summed E-state index contributed by atoms with van der Waals surface area (Å²) in [7, 11) is 3.06. The number of ether oxygens (including phenoxy) is 2. The number of carbonyl (C=O) groups excluding carboxylic acids is 1. The average molecular weight is 338 g/mol. The predicted molar refractivity (Wildman–Crippen MR) is 97.6 cm³/mol. The van der Waals surface area contributed by atoms with Gasteiger partial charge < -0.3 is 19.8 Å². The number of methoxy groups -OCH3 is 2. The molecule has 0 saturated heterocycles. The van der Waals surface area contributed by atoms with Gasteiger partial charge in [0.15, 0.2) is 0 Å². The van der Waals surface area contributed by atoms with Gasteiger partial charge in [-0.15, -0.1) is 0 Å². The molecule has 0 spiro atoms. The van der Waals surface area contributed by atoms with E-state index in [4.69, 9.17) is 9.47 Å². The molecule has 1 heterocycles. The van der Waals surface area contributed by atoms with E-state index in [-0.39, 0.29) is 5.97 Å². The molecule has 3 rings (SSSR count). The van der Waals surface area contributed by atoms with Crippen LogP contribution in [-0.2, 0) is 22.5 Å². The zero-order valence-electron chi connectivity index (χ0n) is 14.4. The van der Waals surface area contributed by atoms with Crippen LogP contribution in [0.3, 0.4) is 0 Å². The van der Waals surface area contributed by atoms with Crippen LogP contribution < -0.4 is 10.1 Å². The summed E-state index contributed by atoms with van der Waals surface area (Å²) in [5.74, 6) is 0.547. The van der Waals surface area contributed by atoms with Crippen molar-refractivity contribution in [3.8, 4) is 5.75 Å². The number of nitrogens with one attached hydrogen (secondary N) is 2. The number of aromatic amines is 1. The molecule has 2 N–H and O–H groups in total. The second kappa shape index (κ2) is 7.85. The first-order valence-corrected chi connectivity index (χ1v) is 8.20. The largest absolute Gasteiger partial charge is 0.497 e. The molecule has 0 bridgehead atoms. The molecule has 0 unspecified atom stereocenters. The summed E-state index contributed by atoms with van der Waals surface area (Å²) in [6, 6.07) is 15.4. The summed E-state index contributed by atoms with van der Waals surface area (Å²) in [5.41, 5.74) is 3.23. The molecule has 2 aromatic carbocycles. The van der Waals surface area contributed by atoms with Crippen LogP contribution in [0.15, 0.2) is 54.7 Å². The molecule has 25 heavy (non-hydrogen) atoms. The van der Waals surface area contributed by atoms with Crippen LogP contribution in [0.5, 0.6) is 5.75 Å². The topological polar surface area (TPSA) is 63.4 Å². The van der Waals surface area contributed by atoms with E-state index >= 15 is 0 Å². The van der Waals surface area contributed by atoms with Gasteiger partial charge in [0.1, 0.15) is 11.8 Å².